The third-order valence-corrected chi connectivity index (χ3v) is 4.50. The summed E-state index contributed by atoms with van der Waals surface area (Å²) in [4.78, 5) is 3.73. The lowest BCUT2D eigenvalue weighted by atomic mass is 10.2. The van der Waals surface area contributed by atoms with Crippen molar-refractivity contribution in [2.24, 2.45) is 0 Å². The second-order valence-corrected chi connectivity index (χ2v) is 6.14. The molecule has 2 aromatic carbocycles. The first-order chi connectivity index (χ1) is 11.7. The molecule has 4 nitrogen and oxygen atoms in total. The van der Waals surface area contributed by atoms with Crippen LogP contribution in [0.4, 0.5) is 4.39 Å². The zero-order valence-electron chi connectivity index (χ0n) is 13.0. The molecule has 6 heteroatoms. The Labute approximate surface area is 143 Å². The van der Waals surface area contributed by atoms with E-state index in [0.717, 1.165) is 5.39 Å². The first-order valence-electron chi connectivity index (χ1n) is 7.32. The standard InChI is InChI=1S/C18H15FN2O2S/c1-22-7-8-24-18-14-5-6-21-16(14)10-15(19)17(18)23-13-4-2-3-12(9-13)11-20/h2-6,9-10,21H,7-8H2,1H3. The van der Waals surface area contributed by atoms with Gasteiger partial charge in [-0.1, -0.05) is 6.07 Å². The number of nitrogens with zero attached hydrogens (tertiary/aromatic N) is 1. The van der Waals surface area contributed by atoms with E-state index in [-0.39, 0.29) is 5.75 Å². The van der Waals surface area contributed by atoms with Crippen LogP contribution in [0.25, 0.3) is 10.9 Å². The molecule has 0 unspecified atom stereocenters. The quantitative estimate of drug-likeness (QED) is 0.521. The fourth-order valence-corrected chi connectivity index (χ4v) is 3.39. The van der Waals surface area contributed by atoms with Gasteiger partial charge in [-0.3, -0.25) is 0 Å². The monoisotopic (exact) mass is 342 g/mol. The largest absolute Gasteiger partial charge is 0.453 e. The molecule has 0 aliphatic rings. The van der Waals surface area contributed by atoms with Crippen LogP contribution in [0.5, 0.6) is 11.5 Å². The van der Waals surface area contributed by atoms with Crippen molar-refractivity contribution in [3.8, 4) is 17.6 Å². The van der Waals surface area contributed by atoms with Gasteiger partial charge in [0.15, 0.2) is 11.6 Å². The lowest BCUT2D eigenvalue weighted by Gasteiger charge is -2.13. The number of hydrogen-bond donors (Lipinski definition) is 1. The van der Waals surface area contributed by atoms with Crippen molar-refractivity contribution >= 4 is 22.7 Å². The number of hydrogen-bond acceptors (Lipinski definition) is 4. The average Bonchev–Trinajstić information content (AvgIpc) is 3.05. The Morgan fingerprint density at radius 1 is 1.29 bits per heavy atom. The minimum atomic E-state index is -0.452. The fourth-order valence-electron chi connectivity index (χ4n) is 2.34. The summed E-state index contributed by atoms with van der Waals surface area (Å²) in [6, 6.07) is 12.0. The fraction of sp³-hybridized carbons (Fsp3) is 0.167. The zero-order chi connectivity index (χ0) is 16.9. The summed E-state index contributed by atoms with van der Waals surface area (Å²) in [7, 11) is 1.63. The van der Waals surface area contributed by atoms with E-state index in [4.69, 9.17) is 14.7 Å². The molecule has 3 aromatic rings. The van der Waals surface area contributed by atoms with E-state index in [9.17, 15) is 4.39 Å². The lowest BCUT2D eigenvalue weighted by Crippen LogP contribution is -1.96. The number of halogens is 1. The van der Waals surface area contributed by atoms with Crippen LogP contribution in [0.1, 0.15) is 5.56 Å². The molecule has 0 saturated heterocycles. The summed E-state index contributed by atoms with van der Waals surface area (Å²) < 4.78 is 25.4. The number of aromatic nitrogens is 1. The summed E-state index contributed by atoms with van der Waals surface area (Å²) in [5.41, 5.74) is 1.18. The maximum Gasteiger partial charge on any atom is 0.177 e. The molecule has 24 heavy (non-hydrogen) atoms. The van der Waals surface area contributed by atoms with Crippen LogP contribution in [-0.2, 0) is 4.74 Å². The molecule has 0 atom stereocenters. The van der Waals surface area contributed by atoms with Crippen molar-refractivity contribution in [1.82, 2.24) is 4.98 Å². The van der Waals surface area contributed by atoms with E-state index >= 15 is 0 Å². The SMILES string of the molecule is COCCSc1c(Oc2cccc(C#N)c2)c(F)cc2[nH]ccc12. The molecule has 1 aromatic heterocycles. The highest BCUT2D eigenvalue weighted by Gasteiger charge is 2.17. The number of methoxy groups -OCH3 is 1. The van der Waals surface area contributed by atoms with Gasteiger partial charge in [-0.15, -0.1) is 11.8 Å². The topological polar surface area (TPSA) is 58.0 Å². The Hall–Kier alpha value is -2.49. The molecule has 0 bridgehead atoms. The van der Waals surface area contributed by atoms with Crippen molar-refractivity contribution in [1.29, 1.82) is 5.26 Å². The number of thioether (sulfide) groups is 1. The van der Waals surface area contributed by atoms with Gasteiger partial charge in [0.25, 0.3) is 0 Å². The van der Waals surface area contributed by atoms with Gasteiger partial charge in [0, 0.05) is 36.0 Å². The van der Waals surface area contributed by atoms with Gasteiger partial charge in [-0.25, -0.2) is 4.39 Å². The maximum absolute atomic E-state index is 14.6. The minimum Gasteiger partial charge on any atom is -0.453 e. The van der Waals surface area contributed by atoms with Crippen LogP contribution >= 0.6 is 11.8 Å². The van der Waals surface area contributed by atoms with Gasteiger partial charge >= 0.3 is 0 Å². The Kier molecular flexibility index (Phi) is 5.04. The molecule has 1 N–H and O–H groups in total. The first kappa shape index (κ1) is 16.4. The molecule has 122 valence electrons. The summed E-state index contributed by atoms with van der Waals surface area (Å²) in [6.45, 7) is 0.552. The van der Waals surface area contributed by atoms with Crippen molar-refractivity contribution in [3.05, 3.63) is 54.0 Å². The Morgan fingerprint density at radius 2 is 2.17 bits per heavy atom. The smallest absolute Gasteiger partial charge is 0.177 e. The molecule has 0 amide bonds. The second kappa shape index (κ2) is 7.39. The number of aromatic amines is 1. The van der Waals surface area contributed by atoms with Crippen LogP contribution in [0, 0.1) is 17.1 Å². The molecule has 0 aliphatic heterocycles. The predicted octanol–water partition coefficient (Wildman–Crippen LogP) is 4.71. The molecule has 0 aliphatic carbocycles. The maximum atomic E-state index is 14.6. The Bertz CT molecular complexity index is 902. The number of rotatable bonds is 6. The molecular formula is C18H15FN2O2S. The third-order valence-electron chi connectivity index (χ3n) is 3.43. The summed E-state index contributed by atoms with van der Waals surface area (Å²) in [5, 5.41) is 9.88. The number of H-pyrrole nitrogens is 1. The van der Waals surface area contributed by atoms with E-state index in [1.807, 2.05) is 12.1 Å². The second-order valence-electron chi connectivity index (χ2n) is 5.04. The van der Waals surface area contributed by atoms with Crippen molar-refractivity contribution in [2.75, 3.05) is 19.5 Å². The van der Waals surface area contributed by atoms with Crippen LogP contribution in [0.3, 0.4) is 0 Å². The normalized spacial score (nSPS) is 10.7. The molecular weight excluding hydrogens is 327 g/mol. The van der Waals surface area contributed by atoms with Gasteiger partial charge in [0.2, 0.25) is 0 Å². The Morgan fingerprint density at radius 3 is 2.96 bits per heavy atom. The van der Waals surface area contributed by atoms with Gasteiger partial charge in [-0.2, -0.15) is 5.26 Å². The van der Waals surface area contributed by atoms with E-state index in [2.05, 4.69) is 4.98 Å². The van der Waals surface area contributed by atoms with Crippen LogP contribution in [0.2, 0.25) is 0 Å². The van der Waals surface area contributed by atoms with E-state index in [1.165, 1.54) is 17.8 Å². The lowest BCUT2D eigenvalue weighted by molar-refractivity contribution is 0.218. The van der Waals surface area contributed by atoms with E-state index in [0.29, 0.717) is 34.1 Å². The van der Waals surface area contributed by atoms with E-state index in [1.54, 1.807) is 37.6 Å². The van der Waals surface area contributed by atoms with Gasteiger partial charge < -0.3 is 14.5 Å². The van der Waals surface area contributed by atoms with Crippen LogP contribution in [0.15, 0.2) is 47.5 Å². The van der Waals surface area contributed by atoms with Crippen molar-refractivity contribution in [3.63, 3.8) is 0 Å². The van der Waals surface area contributed by atoms with Crippen molar-refractivity contribution in [2.45, 2.75) is 4.90 Å². The Balaban J connectivity index is 2.02. The minimum absolute atomic E-state index is 0.165. The third kappa shape index (κ3) is 3.37. The first-order valence-corrected chi connectivity index (χ1v) is 8.31. The zero-order valence-corrected chi connectivity index (χ0v) is 13.8. The highest BCUT2D eigenvalue weighted by atomic mass is 32.2. The van der Waals surface area contributed by atoms with E-state index < -0.39 is 5.82 Å². The summed E-state index contributed by atoms with van der Waals surface area (Å²) in [5.74, 6) is 0.816. The number of fused-ring (bicyclic) bond motifs is 1. The molecule has 0 saturated carbocycles. The van der Waals surface area contributed by atoms with Crippen molar-refractivity contribution < 1.29 is 13.9 Å². The predicted molar refractivity (Wildman–Crippen MR) is 92.1 cm³/mol. The van der Waals surface area contributed by atoms with Gasteiger partial charge in [-0.05, 0) is 24.3 Å². The highest BCUT2D eigenvalue weighted by Crippen LogP contribution is 2.40. The van der Waals surface area contributed by atoms with Crippen LogP contribution < -0.4 is 4.74 Å². The average molecular weight is 342 g/mol. The van der Waals surface area contributed by atoms with Gasteiger partial charge in [0.05, 0.1) is 23.1 Å². The summed E-state index contributed by atoms with van der Waals surface area (Å²) in [6.07, 6.45) is 1.77. The number of nitriles is 1. The number of ether oxygens (including phenoxy) is 2. The molecule has 3 rings (SSSR count). The molecule has 0 spiro atoms. The molecule has 1 heterocycles. The highest BCUT2D eigenvalue weighted by molar-refractivity contribution is 7.99. The summed E-state index contributed by atoms with van der Waals surface area (Å²) >= 11 is 1.47. The molecule has 0 fully saturated rings. The van der Waals surface area contributed by atoms with Crippen LogP contribution in [-0.4, -0.2) is 24.5 Å². The molecule has 0 radical (unpaired) electrons. The number of benzene rings is 2. The van der Waals surface area contributed by atoms with Gasteiger partial charge in [0.1, 0.15) is 5.75 Å². The number of nitrogens with one attached hydrogen (secondary N) is 1.